The average Bonchev–Trinajstić information content (AvgIpc) is 3.21. The maximum absolute atomic E-state index is 13.1. The quantitative estimate of drug-likeness (QED) is 0.527. The van der Waals surface area contributed by atoms with Gasteiger partial charge in [-0.15, -0.1) is 0 Å². The third-order valence-corrected chi connectivity index (χ3v) is 7.65. The lowest BCUT2D eigenvalue weighted by Crippen LogP contribution is -2.37. The highest BCUT2D eigenvalue weighted by Crippen LogP contribution is 2.45. The van der Waals surface area contributed by atoms with Crippen LogP contribution >= 0.6 is 0 Å². The van der Waals surface area contributed by atoms with Crippen molar-refractivity contribution < 1.29 is 14.3 Å². The number of hydrogen-bond acceptors (Lipinski definition) is 3. The summed E-state index contributed by atoms with van der Waals surface area (Å²) in [6, 6.07) is 0. The van der Waals surface area contributed by atoms with Crippen LogP contribution in [0.5, 0.6) is 0 Å². The second kappa shape index (κ2) is 8.76. The van der Waals surface area contributed by atoms with Crippen molar-refractivity contribution in [2.24, 2.45) is 29.1 Å². The molecule has 2 fully saturated rings. The summed E-state index contributed by atoms with van der Waals surface area (Å²) in [7, 11) is 0. The van der Waals surface area contributed by atoms with E-state index in [4.69, 9.17) is 4.74 Å². The van der Waals surface area contributed by atoms with Crippen molar-refractivity contribution in [1.29, 1.82) is 0 Å². The average molecular weight is 379 g/mol. The molecule has 27 heavy (non-hydrogen) atoms. The van der Waals surface area contributed by atoms with Gasteiger partial charge in [0.05, 0.1) is 11.7 Å². The summed E-state index contributed by atoms with van der Waals surface area (Å²) in [5.41, 5.74) is -0.421. The standard InChI is InChI=1S/C24H42O3/c1-8-19-14-20(25)13-18(4)23(5,6)22(26)17(3)12-16(2)10-9-11-24(7)21(15-19)27-24/h16-19,21H,8-15H2,1-7H3/t16?,17?,18?,19?,21-,24?/m0/s1. The number of ketones is 2. The van der Waals surface area contributed by atoms with Crippen molar-refractivity contribution in [3.05, 3.63) is 0 Å². The highest BCUT2D eigenvalue weighted by Gasteiger charge is 2.51. The molecule has 0 aromatic rings. The minimum Gasteiger partial charge on any atom is -0.366 e. The van der Waals surface area contributed by atoms with Crippen molar-refractivity contribution in [3.63, 3.8) is 0 Å². The summed E-state index contributed by atoms with van der Waals surface area (Å²) in [5.74, 6) is 1.74. The zero-order valence-corrected chi connectivity index (χ0v) is 18.8. The van der Waals surface area contributed by atoms with E-state index in [-0.39, 0.29) is 17.4 Å². The summed E-state index contributed by atoms with van der Waals surface area (Å²) in [4.78, 5) is 25.9. The summed E-state index contributed by atoms with van der Waals surface area (Å²) in [5, 5.41) is 0. The van der Waals surface area contributed by atoms with Gasteiger partial charge in [-0.3, -0.25) is 9.59 Å². The molecule has 3 nitrogen and oxygen atoms in total. The van der Waals surface area contributed by atoms with Gasteiger partial charge < -0.3 is 4.74 Å². The molecule has 0 aromatic heterocycles. The van der Waals surface area contributed by atoms with Gasteiger partial charge in [0, 0.05) is 24.2 Å². The molecule has 6 atom stereocenters. The van der Waals surface area contributed by atoms with Crippen molar-refractivity contribution in [2.45, 2.75) is 112 Å². The fourth-order valence-corrected chi connectivity index (χ4v) is 5.02. The van der Waals surface area contributed by atoms with Crippen LogP contribution in [-0.4, -0.2) is 23.3 Å². The van der Waals surface area contributed by atoms with Crippen LogP contribution in [0.25, 0.3) is 0 Å². The molecule has 0 bridgehead atoms. The minimum absolute atomic E-state index is 0.0178. The number of hydrogen-bond donors (Lipinski definition) is 0. The SMILES string of the molecule is CCC1CC(=O)CC(C)C(C)(C)C(=O)C(C)CC(C)CCCC2(C)O[C@H]2C1. The first-order chi connectivity index (χ1) is 12.5. The molecular formula is C24H42O3. The van der Waals surface area contributed by atoms with Gasteiger partial charge in [0.1, 0.15) is 11.6 Å². The molecule has 0 radical (unpaired) electrons. The smallest absolute Gasteiger partial charge is 0.141 e. The molecule has 1 saturated carbocycles. The summed E-state index contributed by atoms with van der Waals surface area (Å²) < 4.78 is 6.06. The van der Waals surface area contributed by atoms with E-state index in [0.29, 0.717) is 42.3 Å². The van der Waals surface area contributed by atoms with Gasteiger partial charge in [-0.25, -0.2) is 0 Å². The Kier molecular flexibility index (Phi) is 7.33. The van der Waals surface area contributed by atoms with Crippen molar-refractivity contribution in [2.75, 3.05) is 0 Å². The number of rotatable bonds is 1. The first-order valence-electron chi connectivity index (χ1n) is 11.2. The summed E-state index contributed by atoms with van der Waals surface area (Å²) in [6.45, 7) is 14.9. The number of fused-ring (bicyclic) bond motifs is 1. The van der Waals surface area contributed by atoms with E-state index in [1.165, 1.54) is 0 Å². The molecule has 0 aromatic carbocycles. The first-order valence-corrected chi connectivity index (χ1v) is 11.2. The molecule has 1 aliphatic heterocycles. The summed E-state index contributed by atoms with van der Waals surface area (Å²) in [6.07, 6.45) is 7.86. The normalized spacial score (nSPS) is 41.8. The molecule has 1 heterocycles. The van der Waals surface area contributed by atoms with Crippen LogP contribution in [0.3, 0.4) is 0 Å². The lowest BCUT2D eigenvalue weighted by atomic mass is 9.69. The number of epoxide rings is 1. The second-order valence-corrected chi connectivity index (χ2v) is 10.5. The van der Waals surface area contributed by atoms with Crippen LogP contribution in [0.15, 0.2) is 0 Å². The molecule has 0 spiro atoms. The van der Waals surface area contributed by atoms with Crippen molar-refractivity contribution >= 4 is 11.6 Å². The van der Waals surface area contributed by atoms with Crippen LogP contribution < -0.4 is 0 Å². The number of carbonyl (C=O) groups excluding carboxylic acids is 2. The van der Waals surface area contributed by atoms with E-state index in [9.17, 15) is 9.59 Å². The summed E-state index contributed by atoms with van der Waals surface area (Å²) >= 11 is 0. The van der Waals surface area contributed by atoms with Crippen LogP contribution in [0.4, 0.5) is 0 Å². The zero-order valence-electron chi connectivity index (χ0n) is 18.8. The molecule has 156 valence electrons. The van der Waals surface area contributed by atoms with Crippen molar-refractivity contribution in [1.82, 2.24) is 0 Å². The van der Waals surface area contributed by atoms with Gasteiger partial charge in [-0.05, 0) is 43.9 Å². The minimum atomic E-state index is -0.439. The molecule has 2 aliphatic rings. The number of Topliss-reactive ketones (excluding diaryl/α,β-unsaturated/α-hetero) is 2. The van der Waals surface area contributed by atoms with E-state index in [0.717, 1.165) is 38.5 Å². The van der Waals surface area contributed by atoms with Gasteiger partial charge in [-0.2, -0.15) is 0 Å². The molecule has 0 amide bonds. The third-order valence-electron chi connectivity index (χ3n) is 7.65. The topological polar surface area (TPSA) is 46.7 Å². The van der Waals surface area contributed by atoms with E-state index < -0.39 is 5.41 Å². The van der Waals surface area contributed by atoms with Crippen LogP contribution in [0.2, 0.25) is 0 Å². The number of carbonyl (C=O) groups is 2. The fourth-order valence-electron chi connectivity index (χ4n) is 5.02. The van der Waals surface area contributed by atoms with Crippen LogP contribution in [0.1, 0.15) is 99.8 Å². The molecule has 1 saturated heterocycles. The lowest BCUT2D eigenvalue weighted by molar-refractivity contribution is -0.135. The molecular weight excluding hydrogens is 336 g/mol. The first kappa shape index (κ1) is 22.6. The monoisotopic (exact) mass is 378 g/mol. The molecule has 5 unspecified atom stereocenters. The Morgan fingerprint density at radius 2 is 1.70 bits per heavy atom. The lowest BCUT2D eigenvalue weighted by Gasteiger charge is -2.33. The Morgan fingerprint density at radius 1 is 1.04 bits per heavy atom. The largest absolute Gasteiger partial charge is 0.366 e. The van der Waals surface area contributed by atoms with Crippen molar-refractivity contribution in [3.8, 4) is 0 Å². The Bertz CT molecular complexity index is 538. The second-order valence-electron chi connectivity index (χ2n) is 10.5. The van der Waals surface area contributed by atoms with Gasteiger partial charge >= 0.3 is 0 Å². The molecule has 0 N–H and O–H groups in total. The predicted octanol–water partition coefficient (Wildman–Crippen LogP) is 5.99. The Morgan fingerprint density at radius 3 is 2.33 bits per heavy atom. The van der Waals surface area contributed by atoms with Gasteiger partial charge in [0.15, 0.2) is 0 Å². The highest BCUT2D eigenvalue weighted by atomic mass is 16.6. The number of ether oxygens (including phenoxy) is 1. The Balaban J connectivity index is 2.14. The highest BCUT2D eigenvalue weighted by molar-refractivity contribution is 5.87. The third kappa shape index (κ3) is 5.65. The Hall–Kier alpha value is -0.700. The Labute approximate surface area is 167 Å². The maximum Gasteiger partial charge on any atom is 0.141 e. The fraction of sp³-hybridized carbons (Fsp3) is 0.917. The zero-order chi connectivity index (χ0) is 20.4. The van der Waals surface area contributed by atoms with Crippen LogP contribution in [0, 0.1) is 29.1 Å². The van der Waals surface area contributed by atoms with Gasteiger partial charge in [0.2, 0.25) is 0 Å². The van der Waals surface area contributed by atoms with E-state index in [2.05, 4.69) is 34.6 Å². The predicted molar refractivity (Wildman–Crippen MR) is 111 cm³/mol. The van der Waals surface area contributed by atoms with Gasteiger partial charge in [-0.1, -0.05) is 60.8 Å². The van der Waals surface area contributed by atoms with E-state index in [1.807, 2.05) is 13.8 Å². The van der Waals surface area contributed by atoms with Gasteiger partial charge in [0.25, 0.3) is 0 Å². The molecule has 2 rings (SSSR count). The molecule has 1 aliphatic carbocycles. The van der Waals surface area contributed by atoms with E-state index in [1.54, 1.807) is 0 Å². The molecule has 3 heteroatoms. The van der Waals surface area contributed by atoms with Crippen LogP contribution in [-0.2, 0) is 14.3 Å². The maximum atomic E-state index is 13.1. The van der Waals surface area contributed by atoms with E-state index >= 15 is 0 Å².